The first-order valence-electron chi connectivity index (χ1n) is 6.04. The van der Waals surface area contributed by atoms with Gasteiger partial charge in [0.1, 0.15) is 5.78 Å². The molecular weight excluding hydrogens is 234 g/mol. The first-order valence-corrected chi connectivity index (χ1v) is 7.03. The number of nitrogens with one attached hydrogen (secondary N) is 1. The van der Waals surface area contributed by atoms with E-state index >= 15 is 0 Å². The van der Waals surface area contributed by atoms with Crippen LogP contribution in [-0.4, -0.2) is 31.8 Å². The van der Waals surface area contributed by atoms with E-state index in [9.17, 15) is 4.79 Å². The van der Waals surface area contributed by atoms with Gasteiger partial charge in [-0.15, -0.1) is 0 Å². The molecule has 0 saturated carbocycles. The lowest BCUT2D eigenvalue weighted by atomic mass is 9.88. The molecule has 0 atom stereocenters. The van der Waals surface area contributed by atoms with Crippen molar-refractivity contribution in [3.05, 3.63) is 0 Å². The van der Waals surface area contributed by atoms with Crippen LogP contribution in [0.3, 0.4) is 0 Å². The Labute approximate surface area is 110 Å². The highest BCUT2D eigenvalue weighted by atomic mass is 32.2. The molecule has 0 saturated heterocycles. The predicted molar refractivity (Wildman–Crippen MR) is 75.2 cm³/mol. The second-order valence-electron chi connectivity index (χ2n) is 6.19. The Morgan fingerprint density at radius 3 is 2.18 bits per heavy atom. The number of rotatable bonds is 9. The minimum Gasteiger partial charge on any atom is -0.380 e. The van der Waals surface area contributed by atoms with Gasteiger partial charge in [-0.25, -0.2) is 0 Å². The van der Waals surface area contributed by atoms with Gasteiger partial charge in [0.05, 0.1) is 13.2 Å². The van der Waals surface area contributed by atoms with Gasteiger partial charge in [-0.3, -0.25) is 4.72 Å². The van der Waals surface area contributed by atoms with E-state index < -0.39 is 0 Å². The maximum Gasteiger partial charge on any atom is 0.130 e. The number of hydrogen-bond acceptors (Lipinski definition) is 4. The van der Waals surface area contributed by atoms with Gasteiger partial charge in [0.25, 0.3) is 0 Å². The summed E-state index contributed by atoms with van der Waals surface area (Å²) >= 11 is 1.70. The zero-order chi connectivity index (χ0) is 13.5. The number of hydrogen-bond donors (Lipinski definition) is 1. The van der Waals surface area contributed by atoms with Gasteiger partial charge in [0.2, 0.25) is 0 Å². The molecule has 0 fully saturated rings. The smallest absolute Gasteiger partial charge is 0.130 e. The van der Waals surface area contributed by atoms with Crippen molar-refractivity contribution in [3.63, 3.8) is 0 Å². The van der Waals surface area contributed by atoms with Crippen molar-refractivity contribution in [1.82, 2.24) is 4.72 Å². The third kappa shape index (κ3) is 9.62. The van der Waals surface area contributed by atoms with Crippen LogP contribution < -0.4 is 4.72 Å². The Balaban J connectivity index is 3.92. The highest BCUT2D eigenvalue weighted by Gasteiger charge is 2.23. The molecule has 0 aromatic heterocycles. The van der Waals surface area contributed by atoms with Gasteiger partial charge in [-0.1, -0.05) is 39.6 Å². The Bertz CT molecular complexity index is 240. The third-order valence-electron chi connectivity index (χ3n) is 2.32. The van der Waals surface area contributed by atoms with E-state index in [1.807, 2.05) is 7.05 Å². The summed E-state index contributed by atoms with van der Waals surface area (Å²) in [7, 11) is 1.93. The molecule has 17 heavy (non-hydrogen) atoms. The van der Waals surface area contributed by atoms with Crippen molar-refractivity contribution in [1.29, 1.82) is 0 Å². The Hall–Kier alpha value is -0.0600. The SMILES string of the molecule is CNSCC(C)(C)COCC(C)(C)CC(C)=O. The van der Waals surface area contributed by atoms with Crippen LogP contribution in [0, 0.1) is 10.8 Å². The quantitative estimate of drug-likeness (QED) is 0.648. The summed E-state index contributed by atoms with van der Waals surface area (Å²) in [6.07, 6.45) is 0.582. The molecule has 0 aromatic carbocycles. The molecule has 3 nitrogen and oxygen atoms in total. The van der Waals surface area contributed by atoms with E-state index in [-0.39, 0.29) is 16.6 Å². The molecule has 0 heterocycles. The van der Waals surface area contributed by atoms with Crippen LogP contribution in [0.4, 0.5) is 0 Å². The van der Waals surface area contributed by atoms with Crippen LogP contribution in [-0.2, 0) is 9.53 Å². The number of Topliss-reactive ketones (excluding diaryl/α,β-unsaturated/α-hetero) is 1. The Kier molecular flexibility index (Phi) is 7.37. The summed E-state index contributed by atoms with van der Waals surface area (Å²) in [5.74, 6) is 1.24. The minimum atomic E-state index is -0.0575. The normalized spacial score (nSPS) is 12.8. The summed E-state index contributed by atoms with van der Waals surface area (Å²) in [6, 6.07) is 0. The van der Waals surface area contributed by atoms with E-state index in [1.54, 1.807) is 18.9 Å². The zero-order valence-corrected chi connectivity index (χ0v) is 12.9. The third-order valence-corrected chi connectivity index (χ3v) is 3.53. The van der Waals surface area contributed by atoms with Gasteiger partial charge in [-0.2, -0.15) is 0 Å². The van der Waals surface area contributed by atoms with Gasteiger partial charge in [-0.05, 0) is 24.8 Å². The summed E-state index contributed by atoms with van der Waals surface area (Å²) in [5, 5.41) is 0. The molecule has 102 valence electrons. The average Bonchev–Trinajstić information content (AvgIpc) is 2.11. The predicted octanol–water partition coefficient (Wildman–Crippen LogP) is 2.90. The van der Waals surface area contributed by atoms with Crippen molar-refractivity contribution in [2.24, 2.45) is 10.8 Å². The monoisotopic (exact) mass is 261 g/mol. The van der Waals surface area contributed by atoms with Crippen LogP contribution in [0.15, 0.2) is 0 Å². The minimum absolute atomic E-state index is 0.0575. The van der Waals surface area contributed by atoms with Crippen molar-refractivity contribution < 1.29 is 9.53 Å². The lowest BCUT2D eigenvalue weighted by Gasteiger charge is -2.28. The molecule has 0 radical (unpaired) electrons. The van der Waals surface area contributed by atoms with E-state index in [4.69, 9.17) is 4.74 Å². The number of carbonyl (C=O) groups is 1. The van der Waals surface area contributed by atoms with Crippen LogP contribution in [0.5, 0.6) is 0 Å². The molecule has 0 unspecified atom stereocenters. The fraction of sp³-hybridized carbons (Fsp3) is 0.923. The van der Waals surface area contributed by atoms with E-state index in [1.165, 1.54) is 0 Å². The maximum absolute atomic E-state index is 11.1. The van der Waals surface area contributed by atoms with Gasteiger partial charge < -0.3 is 9.53 Å². The van der Waals surface area contributed by atoms with Crippen molar-refractivity contribution in [3.8, 4) is 0 Å². The Morgan fingerprint density at radius 1 is 1.18 bits per heavy atom. The lowest BCUT2D eigenvalue weighted by Crippen LogP contribution is -2.28. The number of carbonyl (C=O) groups excluding carboxylic acids is 1. The van der Waals surface area contributed by atoms with Crippen LogP contribution >= 0.6 is 11.9 Å². The molecule has 0 aliphatic heterocycles. The highest BCUT2D eigenvalue weighted by Crippen LogP contribution is 2.24. The summed E-state index contributed by atoms with van der Waals surface area (Å²) in [6.45, 7) is 11.5. The van der Waals surface area contributed by atoms with Gasteiger partial charge in [0.15, 0.2) is 0 Å². The zero-order valence-electron chi connectivity index (χ0n) is 12.1. The van der Waals surface area contributed by atoms with Crippen molar-refractivity contribution in [2.45, 2.75) is 41.0 Å². The second-order valence-corrected chi connectivity index (χ2v) is 7.18. The molecule has 1 N–H and O–H groups in total. The van der Waals surface area contributed by atoms with Gasteiger partial charge >= 0.3 is 0 Å². The van der Waals surface area contributed by atoms with Crippen LogP contribution in [0.2, 0.25) is 0 Å². The van der Waals surface area contributed by atoms with Crippen molar-refractivity contribution >= 4 is 17.7 Å². The van der Waals surface area contributed by atoms with E-state index in [2.05, 4.69) is 32.4 Å². The summed E-state index contributed by atoms with van der Waals surface area (Å²) < 4.78 is 8.84. The highest BCUT2D eigenvalue weighted by molar-refractivity contribution is 7.97. The van der Waals surface area contributed by atoms with Crippen LogP contribution in [0.25, 0.3) is 0 Å². The van der Waals surface area contributed by atoms with Crippen molar-refractivity contribution in [2.75, 3.05) is 26.0 Å². The molecule has 0 amide bonds. The Morgan fingerprint density at radius 2 is 1.71 bits per heavy atom. The lowest BCUT2D eigenvalue weighted by molar-refractivity contribution is -0.120. The number of ether oxygens (including phenoxy) is 1. The van der Waals surface area contributed by atoms with Gasteiger partial charge in [0, 0.05) is 12.2 Å². The average molecular weight is 261 g/mol. The molecule has 0 aliphatic carbocycles. The molecule has 0 aromatic rings. The standard InChI is InChI=1S/C13H27NO2S/c1-11(15)7-12(2,3)8-16-9-13(4,5)10-17-14-6/h14H,7-10H2,1-6H3. The fourth-order valence-electron chi connectivity index (χ4n) is 1.64. The fourth-order valence-corrected chi connectivity index (χ4v) is 2.26. The first-order chi connectivity index (χ1) is 7.68. The molecule has 4 heteroatoms. The van der Waals surface area contributed by atoms with E-state index in [0.717, 1.165) is 12.4 Å². The maximum atomic E-state index is 11.1. The summed E-state index contributed by atoms with van der Waals surface area (Å²) in [4.78, 5) is 11.1. The second kappa shape index (κ2) is 7.39. The molecule has 0 bridgehead atoms. The molecule has 0 spiro atoms. The molecular formula is C13H27NO2S. The molecule has 0 aliphatic rings. The van der Waals surface area contributed by atoms with Crippen LogP contribution in [0.1, 0.15) is 41.0 Å². The first kappa shape index (κ1) is 16.9. The topological polar surface area (TPSA) is 38.3 Å². The largest absolute Gasteiger partial charge is 0.380 e. The van der Waals surface area contributed by atoms with E-state index in [0.29, 0.717) is 13.0 Å². The summed E-state index contributed by atoms with van der Waals surface area (Å²) in [5.41, 5.74) is 0.0953. The number of ketones is 1. The molecule has 0 rings (SSSR count).